The Balaban J connectivity index is 0.000000186. The third-order valence-corrected chi connectivity index (χ3v) is 11.5. The lowest BCUT2D eigenvalue weighted by atomic mass is 10.1. The summed E-state index contributed by atoms with van der Waals surface area (Å²) in [5.74, 6) is 0.535. The number of carbonyl (C=O) groups is 2. The molecule has 1 saturated heterocycles. The summed E-state index contributed by atoms with van der Waals surface area (Å²) in [6.07, 6.45) is 9.59. The summed E-state index contributed by atoms with van der Waals surface area (Å²) in [4.78, 5) is 40.4. The quantitative estimate of drug-likeness (QED) is 0.0848. The number of anilines is 2. The summed E-state index contributed by atoms with van der Waals surface area (Å²) in [5, 5.41) is 14.7. The van der Waals surface area contributed by atoms with Gasteiger partial charge in [-0.3, -0.25) is 19.7 Å². The number of nitrogens with one attached hydrogen (secondary N) is 3. The van der Waals surface area contributed by atoms with Crippen LogP contribution in [-0.4, -0.2) is 75.2 Å². The molecule has 3 N–H and O–H groups in total. The Bertz CT molecular complexity index is 2750. The fourth-order valence-corrected chi connectivity index (χ4v) is 7.82. The van der Waals surface area contributed by atoms with Gasteiger partial charge in [0.2, 0.25) is 5.91 Å². The van der Waals surface area contributed by atoms with E-state index in [0.29, 0.717) is 59.7 Å². The number of pyridine rings is 1. The van der Waals surface area contributed by atoms with Gasteiger partial charge < -0.3 is 25.0 Å². The lowest BCUT2D eigenvalue weighted by Crippen LogP contribution is -2.41. The Kier molecular flexibility index (Phi) is 13.8. The number of halogens is 3. The van der Waals surface area contributed by atoms with E-state index in [2.05, 4.69) is 42.4 Å². The molecule has 0 spiro atoms. The maximum atomic E-state index is 14.6. The highest BCUT2D eigenvalue weighted by molar-refractivity contribution is 7.99. The number of hydrogen-bond donors (Lipinski definition) is 3. The number of methoxy groups -OCH3 is 1. The van der Waals surface area contributed by atoms with Crippen LogP contribution < -0.4 is 20.1 Å². The van der Waals surface area contributed by atoms with Crippen molar-refractivity contribution in [2.75, 3.05) is 32.6 Å². The van der Waals surface area contributed by atoms with E-state index in [1.807, 2.05) is 72.8 Å². The van der Waals surface area contributed by atoms with Gasteiger partial charge in [-0.1, -0.05) is 59.7 Å². The first-order valence-corrected chi connectivity index (χ1v) is 20.6. The Hall–Kier alpha value is -6.48. The number of hydrogen-bond acceptors (Lipinski definition) is 10. The Morgan fingerprint density at radius 1 is 0.951 bits per heavy atom. The highest BCUT2D eigenvalue weighted by Gasteiger charge is 2.24. The summed E-state index contributed by atoms with van der Waals surface area (Å²) >= 11 is 13.4. The number of benzene rings is 4. The normalized spacial score (nSPS) is 12.8. The minimum atomic E-state index is -0.679. The molecule has 0 saturated carbocycles. The molecule has 8 rings (SSSR count). The van der Waals surface area contributed by atoms with Crippen LogP contribution >= 0.6 is 35.0 Å². The fourth-order valence-electron chi connectivity index (χ4n) is 6.52. The van der Waals surface area contributed by atoms with Crippen molar-refractivity contribution in [3.63, 3.8) is 0 Å². The molecule has 0 aliphatic carbocycles. The van der Waals surface area contributed by atoms with Crippen LogP contribution in [0.2, 0.25) is 10.0 Å². The average molecular weight is 878 g/mol. The predicted molar refractivity (Wildman–Crippen MR) is 239 cm³/mol. The number of likely N-dealkylation sites (tertiary alicyclic amines) is 1. The molecule has 310 valence electrons. The van der Waals surface area contributed by atoms with Crippen LogP contribution in [0.25, 0.3) is 34.0 Å². The second-order valence-electron chi connectivity index (χ2n) is 13.5. The summed E-state index contributed by atoms with van der Waals surface area (Å²) in [6.45, 7) is 4.70. The molecule has 0 unspecified atom stereocenters. The molecule has 4 aromatic carbocycles. The molecule has 12 nitrogen and oxygen atoms in total. The number of rotatable bonds is 11. The maximum Gasteiger partial charge on any atom is 0.252 e. The van der Waals surface area contributed by atoms with Crippen molar-refractivity contribution in [2.45, 2.75) is 28.7 Å². The number of amides is 2. The number of carbonyl (C=O) groups excluding carboxylic acids is 2. The van der Waals surface area contributed by atoms with Crippen LogP contribution in [0.1, 0.15) is 34.6 Å². The molecule has 1 aliphatic rings. The maximum absolute atomic E-state index is 14.6. The molecule has 1 fully saturated rings. The first-order chi connectivity index (χ1) is 29.6. The highest BCUT2D eigenvalue weighted by atomic mass is 35.5. The third kappa shape index (κ3) is 10.1. The smallest absolute Gasteiger partial charge is 0.252 e. The van der Waals surface area contributed by atoms with Crippen LogP contribution in [0.4, 0.5) is 15.9 Å². The second kappa shape index (κ2) is 19.7. The SMILES string of the molecule is C=CC(=O)N1CCC(Oc2cc3c(Nc4ccc(Cl)c(Cl)c4F)ncnc3cc2OC)CC1.CNC(=O)c1ccccc1Sc1ccc2c(C=Cc3ccccn3)n[nH]c2c1. The molecule has 0 bridgehead atoms. The largest absolute Gasteiger partial charge is 0.493 e. The molecule has 2 amide bonds. The summed E-state index contributed by atoms with van der Waals surface area (Å²) in [5.41, 5.74) is 4.08. The molecule has 7 aromatic rings. The van der Waals surface area contributed by atoms with Crippen molar-refractivity contribution in [1.82, 2.24) is 35.4 Å². The van der Waals surface area contributed by atoms with Crippen molar-refractivity contribution in [3.05, 3.63) is 143 Å². The second-order valence-corrected chi connectivity index (χ2v) is 15.4. The van der Waals surface area contributed by atoms with Crippen molar-refractivity contribution in [1.29, 1.82) is 0 Å². The summed E-state index contributed by atoms with van der Waals surface area (Å²) < 4.78 is 26.3. The average Bonchev–Trinajstić information content (AvgIpc) is 3.71. The van der Waals surface area contributed by atoms with Crippen LogP contribution in [0.15, 0.2) is 120 Å². The molecule has 61 heavy (non-hydrogen) atoms. The Morgan fingerprint density at radius 3 is 2.51 bits per heavy atom. The molecular weight excluding hydrogens is 839 g/mol. The lowest BCUT2D eigenvalue weighted by molar-refractivity contribution is -0.127. The van der Waals surface area contributed by atoms with E-state index in [-0.39, 0.29) is 33.7 Å². The van der Waals surface area contributed by atoms with Crippen LogP contribution in [0.5, 0.6) is 11.5 Å². The number of aromatic nitrogens is 5. The van der Waals surface area contributed by atoms with Gasteiger partial charge in [0.25, 0.3) is 5.91 Å². The van der Waals surface area contributed by atoms with Crippen LogP contribution in [0, 0.1) is 5.82 Å². The van der Waals surface area contributed by atoms with Gasteiger partial charge in [-0.15, -0.1) is 0 Å². The summed E-state index contributed by atoms with van der Waals surface area (Å²) in [7, 11) is 3.19. The molecule has 1 aliphatic heterocycles. The van der Waals surface area contributed by atoms with Gasteiger partial charge in [0, 0.05) is 65.8 Å². The van der Waals surface area contributed by atoms with Crippen molar-refractivity contribution in [3.8, 4) is 11.5 Å². The number of H-pyrrole nitrogens is 1. The van der Waals surface area contributed by atoms with E-state index in [0.717, 1.165) is 32.1 Å². The van der Waals surface area contributed by atoms with E-state index < -0.39 is 5.82 Å². The van der Waals surface area contributed by atoms with E-state index >= 15 is 0 Å². The number of aromatic amines is 1. The van der Waals surface area contributed by atoms with Gasteiger partial charge in [-0.2, -0.15) is 5.10 Å². The first-order valence-electron chi connectivity index (χ1n) is 19.0. The number of piperidine rings is 1. The van der Waals surface area contributed by atoms with Gasteiger partial charge in [-0.05, 0) is 78.9 Å². The van der Waals surface area contributed by atoms with E-state index in [9.17, 15) is 14.0 Å². The summed E-state index contributed by atoms with van der Waals surface area (Å²) in [6, 6.07) is 26.0. The minimum absolute atomic E-state index is 0.0841. The predicted octanol–water partition coefficient (Wildman–Crippen LogP) is 10.0. The topological polar surface area (TPSA) is 147 Å². The molecule has 0 radical (unpaired) electrons. The Labute approximate surface area is 365 Å². The van der Waals surface area contributed by atoms with Crippen molar-refractivity contribution < 1.29 is 23.5 Å². The molecular formula is C45H39Cl2FN8O4S. The van der Waals surface area contributed by atoms with Gasteiger partial charge in [0.05, 0.1) is 50.8 Å². The third-order valence-electron chi connectivity index (χ3n) is 9.68. The zero-order chi connectivity index (χ0) is 42.9. The lowest BCUT2D eigenvalue weighted by Gasteiger charge is -2.31. The van der Waals surface area contributed by atoms with E-state index in [4.69, 9.17) is 32.7 Å². The molecule has 16 heteroatoms. The number of ether oxygens (including phenoxy) is 2. The standard InChI is InChI=1S/C23H21Cl2FN4O3.C22H18N4OS/c1-3-20(31)30-8-6-13(7-9-30)33-19-10-14-17(11-18(19)32-2)27-12-28-23(14)29-16-5-4-15(24)21(25)22(16)26;1-23-22(27)18-7-2-3-8-21(18)28-16-10-11-17-19(25-26-20(17)14-16)12-9-15-6-4-5-13-24-15/h3-5,10-13H,1,6-9H2,2H3,(H,27,28,29);2-14H,1H3,(H,23,27)(H,25,26). The van der Waals surface area contributed by atoms with Gasteiger partial charge in [0.15, 0.2) is 17.3 Å². The fraction of sp³-hybridized carbons (Fsp3) is 0.156. The van der Waals surface area contributed by atoms with Gasteiger partial charge in [-0.25, -0.2) is 14.4 Å². The number of fused-ring (bicyclic) bond motifs is 2. The molecule has 0 atom stereocenters. The first kappa shape index (κ1) is 42.6. The van der Waals surface area contributed by atoms with Crippen LogP contribution in [-0.2, 0) is 4.79 Å². The number of nitrogens with zero attached hydrogens (tertiary/aromatic N) is 5. The van der Waals surface area contributed by atoms with Gasteiger partial charge >= 0.3 is 0 Å². The van der Waals surface area contributed by atoms with E-state index in [1.165, 1.54) is 24.5 Å². The molecule has 4 heterocycles. The van der Waals surface area contributed by atoms with E-state index in [1.54, 1.807) is 49.1 Å². The minimum Gasteiger partial charge on any atom is -0.493 e. The zero-order valence-corrected chi connectivity index (χ0v) is 35.3. The van der Waals surface area contributed by atoms with Crippen molar-refractivity contribution >= 4 is 92.2 Å². The van der Waals surface area contributed by atoms with Crippen LogP contribution in [0.3, 0.4) is 0 Å². The van der Waals surface area contributed by atoms with Gasteiger partial charge in [0.1, 0.15) is 18.2 Å². The Morgan fingerprint density at radius 2 is 1.75 bits per heavy atom. The zero-order valence-electron chi connectivity index (χ0n) is 33.0. The monoisotopic (exact) mass is 876 g/mol. The highest BCUT2D eigenvalue weighted by Crippen LogP contribution is 2.38. The van der Waals surface area contributed by atoms with Crippen molar-refractivity contribution in [2.24, 2.45) is 0 Å². The molecule has 3 aromatic heterocycles.